The van der Waals surface area contributed by atoms with Crippen LogP contribution in [0.1, 0.15) is 60.3 Å². The van der Waals surface area contributed by atoms with Gasteiger partial charge in [0.1, 0.15) is 12.6 Å². The molecule has 0 bridgehead atoms. The van der Waals surface area contributed by atoms with Gasteiger partial charge in [0.25, 0.3) is 0 Å². The van der Waals surface area contributed by atoms with Crippen LogP contribution in [0.25, 0.3) is 0 Å². The van der Waals surface area contributed by atoms with Crippen molar-refractivity contribution < 1.29 is 19.1 Å². The topological polar surface area (TPSA) is 64.6 Å². The summed E-state index contributed by atoms with van der Waals surface area (Å²) in [7, 11) is 1.33. The van der Waals surface area contributed by atoms with E-state index < -0.39 is 12.0 Å². The van der Waals surface area contributed by atoms with Crippen LogP contribution >= 0.6 is 0 Å². The van der Waals surface area contributed by atoms with Crippen LogP contribution in [0.2, 0.25) is 0 Å². The van der Waals surface area contributed by atoms with Gasteiger partial charge >= 0.3 is 5.97 Å². The first-order valence-corrected chi connectivity index (χ1v) is 8.68. The highest BCUT2D eigenvalue weighted by Gasteiger charge is 2.35. The molecule has 0 spiro atoms. The second-order valence-corrected chi connectivity index (χ2v) is 7.65. The summed E-state index contributed by atoms with van der Waals surface area (Å²) >= 11 is 0. The molecule has 0 aromatic rings. The van der Waals surface area contributed by atoms with Crippen molar-refractivity contribution >= 4 is 11.9 Å². The minimum Gasteiger partial charge on any atom is -0.467 e. The number of hydrogen-bond donors (Lipinski definition) is 1. The third kappa shape index (κ3) is 5.79. The fourth-order valence-electron chi connectivity index (χ4n) is 3.16. The molecule has 23 heavy (non-hydrogen) atoms. The predicted molar refractivity (Wildman–Crippen MR) is 89.9 cm³/mol. The fourth-order valence-corrected chi connectivity index (χ4v) is 3.16. The molecule has 1 N–H and O–H groups in total. The lowest BCUT2D eigenvalue weighted by Crippen LogP contribution is -2.47. The van der Waals surface area contributed by atoms with Gasteiger partial charge < -0.3 is 14.8 Å². The normalized spacial score (nSPS) is 26.2. The largest absolute Gasteiger partial charge is 0.467 e. The van der Waals surface area contributed by atoms with Crippen molar-refractivity contribution in [2.24, 2.45) is 17.3 Å². The van der Waals surface area contributed by atoms with E-state index in [9.17, 15) is 9.59 Å². The molecule has 1 rings (SSSR count). The Labute approximate surface area is 140 Å². The van der Waals surface area contributed by atoms with Crippen molar-refractivity contribution in [3.05, 3.63) is 0 Å². The van der Waals surface area contributed by atoms with E-state index in [0.717, 1.165) is 19.3 Å². The minimum absolute atomic E-state index is 0.000936. The zero-order valence-electron chi connectivity index (χ0n) is 15.5. The van der Waals surface area contributed by atoms with Crippen molar-refractivity contribution in [3.8, 4) is 0 Å². The van der Waals surface area contributed by atoms with E-state index in [1.165, 1.54) is 13.5 Å². The molecule has 1 aliphatic rings. The molecule has 0 aromatic heterocycles. The summed E-state index contributed by atoms with van der Waals surface area (Å²) in [5, 5.41) is 2.71. The number of hydrogen-bond acceptors (Lipinski definition) is 4. The number of ether oxygens (including phenoxy) is 2. The SMILES string of the molecule is COC(=O)[C@H](NC(=O)COC1CCCC(C)(C(C)C)C1)C(C)C. The smallest absolute Gasteiger partial charge is 0.328 e. The van der Waals surface area contributed by atoms with Crippen LogP contribution in [0.3, 0.4) is 0 Å². The molecule has 1 amide bonds. The van der Waals surface area contributed by atoms with Crippen molar-refractivity contribution in [3.63, 3.8) is 0 Å². The second kappa shape index (κ2) is 8.67. The fraction of sp³-hybridized carbons (Fsp3) is 0.889. The molecule has 3 atom stereocenters. The summed E-state index contributed by atoms with van der Waals surface area (Å²) in [6.07, 6.45) is 4.46. The van der Waals surface area contributed by atoms with Crippen LogP contribution in [0.4, 0.5) is 0 Å². The summed E-state index contributed by atoms with van der Waals surface area (Å²) in [6.45, 7) is 10.5. The molecule has 1 fully saturated rings. The van der Waals surface area contributed by atoms with Gasteiger partial charge in [-0.15, -0.1) is 0 Å². The molecule has 1 aliphatic carbocycles. The Kier molecular flexibility index (Phi) is 7.52. The minimum atomic E-state index is -0.622. The van der Waals surface area contributed by atoms with Crippen LogP contribution < -0.4 is 5.32 Å². The lowest BCUT2D eigenvalue weighted by molar-refractivity contribution is -0.147. The Morgan fingerprint density at radius 3 is 2.43 bits per heavy atom. The highest BCUT2D eigenvalue weighted by Crippen LogP contribution is 2.42. The van der Waals surface area contributed by atoms with E-state index >= 15 is 0 Å². The van der Waals surface area contributed by atoms with E-state index in [2.05, 4.69) is 26.1 Å². The number of rotatable bonds is 7. The summed E-state index contributed by atoms with van der Waals surface area (Å²) in [6, 6.07) is -0.622. The Morgan fingerprint density at radius 2 is 1.91 bits per heavy atom. The molecule has 5 nitrogen and oxygen atoms in total. The Balaban J connectivity index is 2.48. The predicted octanol–water partition coefficient (Wildman–Crippen LogP) is 2.92. The number of carbonyl (C=O) groups is 2. The zero-order valence-corrected chi connectivity index (χ0v) is 15.5. The van der Waals surface area contributed by atoms with Crippen molar-refractivity contribution in [2.45, 2.75) is 72.4 Å². The highest BCUT2D eigenvalue weighted by atomic mass is 16.5. The van der Waals surface area contributed by atoms with Crippen LogP contribution in [0.15, 0.2) is 0 Å². The number of carbonyl (C=O) groups excluding carboxylic acids is 2. The average molecular weight is 327 g/mol. The van der Waals surface area contributed by atoms with Gasteiger partial charge in [-0.1, -0.05) is 41.0 Å². The Bertz CT molecular complexity index is 408. The molecule has 5 heteroatoms. The lowest BCUT2D eigenvalue weighted by atomic mass is 9.67. The van der Waals surface area contributed by atoms with Crippen LogP contribution in [-0.4, -0.2) is 37.7 Å². The molecule has 0 heterocycles. The Morgan fingerprint density at radius 1 is 1.26 bits per heavy atom. The van der Waals surface area contributed by atoms with E-state index in [4.69, 9.17) is 9.47 Å². The van der Waals surface area contributed by atoms with Crippen LogP contribution in [-0.2, 0) is 19.1 Å². The summed E-state index contributed by atoms with van der Waals surface area (Å²) in [4.78, 5) is 23.7. The molecule has 2 unspecified atom stereocenters. The van der Waals surface area contributed by atoms with Gasteiger partial charge in [-0.2, -0.15) is 0 Å². The quantitative estimate of drug-likeness (QED) is 0.730. The molecule has 0 saturated heterocycles. The van der Waals surface area contributed by atoms with Gasteiger partial charge in [-0.05, 0) is 36.5 Å². The van der Waals surface area contributed by atoms with Gasteiger partial charge in [0.2, 0.25) is 5.91 Å². The molecular weight excluding hydrogens is 294 g/mol. The van der Waals surface area contributed by atoms with Crippen LogP contribution in [0, 0.1) is 17.3 Å². The average Bonchev–Trinajstić information content (AvgIpc) is 2.49. The molecule has 1 saturated carbocycles. The van der Waals surface area contributed by atoms with Crippen molar-refractivity contribution in [1.82, 2.24) is 5.32 Å². The molecule has 0 aromatic carbocycles. The Hall–Kier alpha value is -1.10. The van der Waals surface area contributed by atoms with E-state index in [1.54, 1.807) is 0 Å². The first-order chi connectivity index (χ1) is 10.7. The van der Waals surface area contributed by atoms with E-state index in [0.29, 0.717) is 5.92 Å². The first-order valence-electron chi connectivity index (χ1n) is 8.68. The van der Waals surface area contributed by atoms with Gasteiger partial charge in [0.15, 0.2) is 0 Å². The van der Waals surface area contributed by atoms with Gasteiger partial charge in [-0.3, -0.25) is 4.79 Å². The molecular formula is C18H33NO4. The second-order valence-electron chi connectivity index (χ2n) is 7.65. The van der Waals surface area contributed by atoms with Crippen molar-refractivity contribution in [1.29, 1.82) is 0 Å². The standard InChI is InChI=1S/C18H33NO4/c1-12(2)16(17(21)22-6)19-15(20)11-23-14-8-7-9-18(5,10-14)13(3)4/h12-14,16H,7-11H2,1-6H3,(H,19,20)/t14?,16-,18?/m1/s1. The van der Waals surface area contributed by atoms with Crippen LogP contribution in [0.5, 0.6) is 0 Å². The third-order valence-corrected chi connectivity index (χ3v) is 5.25. The molecule has 0 radical (unpaired) electrons. The maximum atomic E-state index is 12.1. The maximum Gasteiger partial charge on any atom is 0.328 e. The zero-order chi connectivity index (χ0) is 17.6. The first kappa shape index (κ1) is 19.9. The molecule has 0 aliphatic heterocycles. The number of methoxy groups -OCH3 is 1. The lowest BCUT2D eigenvalue weighted by Gasteiger charge is -2.41. The third-order valence-electron chi connectivity index (χ3n) is 5.25. The summed E-state index contributed by atoms with van der Waals surface area (Å²) in [5.41, 5.74) is 0.284. The van der Waals surface area contributed by atoms with Gasteiger partial charge in [0, 0.05) is 0 Å². The monoisotopic (exact) mass is 327 g/mol. The summed E-state index contributed by atoms with van der Waals surface area (Å²) < 4.78 is 10.5. The van der Waals surface area contributed by atoms with E-state index in [-0.39, 0.29) is 30.0 Å². The van der Waals surface area contributed by atoms with Gasteiger partial charge in [-0.25, -0.2) is 4.79 Å². The number of esters is 1. The summed E-state index contributed by atoms with van der Waals surface area (Å²) in [5.74, 6) is -0.0954. The van der Waals surface area contributed by atoms with Crippen molar-refractivity contribution in [2.75, 3.05) is 13.7 Å². The molecule has 134 valence electrons. The number of nitrogens with one attached hydrogen (secondary N) is 1. The number of amides is 1. The highest BCUT2D eigenvalue weighted by molar-refractivity contribution is 5.85. The maximum absolute atomic E-state index is 12.1. The van der Waals surface area contributed by atoms with E-state index in [1.807, 2.05) is 13.8 Å². The van der Waals surface area contributed by atoms with Gasteiger partial charge in [0.05, 0.1) is 13.2 Å².